The van der Waals surface area contributed by atoms with Crippen LogP contribution in [0.15, 0.2) is 47.6 Å². The minimum Gasteiger partial charge on any atom is -0.368 e. The van der Waals surface area contributed by atoms with Crippen molar-refractivity contribution in [2.45, 2.75) is 6.92 Å². The third-order valence-corrected chi connectivity index (χ3v) is 3.82. The molecule has 0 spiro atoms. The van der Waals surface area contributed by atoms with Crippen molar-refractivity contribution in [3.05, 3.63) is 63.5 Å². The van der Waals surface area contributed by atoms with Gasteiger partial charge in [0.25, 0.3) is 0 Å². The Balaban J connectivity index is 2.01. The second kappa shape index (κ2) is 7.24. The van der Waals surface area contributed by atoms with Crippen LogP contribution in [-0.2, 0) is 0 Å². The van der Waals surface area contributed by atoms with Gasteiger partial charge in [-0.1, -0.05) is 34.9 Å². The number of nitrogens with zero attached hydrogens (tertiary/aromatic N) is 7. The lowest BCUT2D eigenvalue weighted by Crippen LogP contribution is -2.27. The standard InChI is InChI=1S/C16H14ClN9/c1-9-2-3-10(17)8-13(9)14-21-15(18)23-16(22-14)26(20)12-6-4-11(5-7-12)24-25-19/h2-8H,20H2,1H3,(H2,18,21,22,23). The Kier molecular flexibility index (Phi) is 4.85. The first kappa shape index (κ1) is 17.4. The summed E-state index contributed by atoms with van der Waals surface area (Å²) in [4.78, 5) is 15.4. The normalized spacial score (nSPS) is 10.3. The summed E-state index contributed by atoms with van der Waals surface area (Å²) in [5.74, 6) is 6.69. The maximum absolute atomic E-state index is 8.46. The molecule has 0 bridgehead atoms. The zero-order valence-corrected chi connectivity index (χ0v) is 14.5. The molecule has 3 rings (SSSR count). The van der Waals surface area contributed by atoms with E-state index in [9.17, 15) is 0 Å². The number of nitrogens with two attached hydrogens (primary N) is 2. The number of benzene rings is 2. The summed E-state index contributed by atoms with van der Waals surface area (Å²) in [6.45, 7) is 1.92. The van der Waals surface area contributed by atoms with E-state index in [-0.39, 0.29) is 11.9 Å². The molecule has 0 saturated carbocycles. The van der Waals surface area contributed by atoms with E-state index >= 15 is 0 Å². The number of hydrogen-bond acceptors (Lipinski definition) is 7. The Bertz CT molecular complexity index is 997. The van der Waals surface area contributed by atoms with Crippen LogP contribution in [0.5, 0.6) is 0 Å². The molecule has 0 saturated heterocycles. The largest absolute Gasteiger partial charge is 0.368 e. The number of aryl methyl sites for hydroxylation is 1. The highest BCUT2D eigenvalue weighted by Crippen LogP contribution is 2.27. The van der Waals surface area contributed by atoms with Gasteiger partial charge in [0, 0.05) is 21.2 Å². The Labute approximate surface area is 153 Å². The number of anilines is 3. The monoisotopic (exact) mass is 367 g/mol. The van der Waals surface area contributed by atoms with Gasteiger partial charge in [-0.05, 0) is 42.3 Å². The van der Waals surface area contributed by atoms with Gasteiger partial charge in [-0.3, -0.25) is 0 Å². The molecule has 0 aliphatic rings. The van der Waals surface area contributed by atoms with Crippen molar-refractivity contribution >= 4 is 34.9 Å². The summed E-state index contributed by atoms with van der Waals surface area (Å²) in [6.07, 6.45) is 0. The molecule has 0 atom stereocenters. The summed E-state index contributed by atoms with van der Waals surface area (Å²) in [7, 11) is 0. The molecule has 26 heavy (non-hydrogen) atoms. The van der Waals surface area contributed by atoms with Gasteiger partial charge in [-0.15, -0.1) is 0 Å². The molecule has 0 unspecified atom stereocenters. The van der Waals surface area contributed by atoms with Crippen LogP contribution in [0.1, 0.15) is 5.56 Å². The van der Waals surface area contributed by atoms with Gasteiger partial charge >= 0.3 is 0 Å². The van der Waals surface area contributed by atoms with Crippen molar-refractivity contribution in [3.63, 3.8) is 0 Å². The van der Waals surface area contributed by atoms with Gasteiger partial charge in [-0.25, -0.2) is 10.9 Å². The number of nitrogen functional groups attached to an aromatic ring is 1. The van der Waals surface area contributed by atoms with Gasteiger partial charge in [0.15, 0.2) is 5.82 Å². The molecular formula is C16H14ClN9. The Hall–Kier alpha value is -3.39. The lowest BCUT2D eigenvalue weighted by atomic mass is 10.1. The predicted octanol–water partition coefficient (Wildman–Crippen LogP) is 4.04. The van der Waals surface area contributed by atoms with Crippen molar-refractivity contribution < 1.29 is 0 Å². The highest BCUT2D eigenvalue weighted by molar-refractivity contribution is 6.30. The van der Waals surface area contributed by atoms with Crippen LogP contribution < -0.4 is 16.6 Å². The number of aromatic nitrogens is 3. The van der Waals surface area contributed by atoms with Crippen LogP contribution in [0.3, 0.4) is 0 Å². The van der Waals surface area contributed by atoms with Crippen molar-refractivity contribution in [2.24, 2.45) is 11.0 Å². The van der Waals surface area contributed by atoms with E-state index in [4.69, 9.17) is 28.7 Å². The van der Waals surface area contributed by atoms with E-state index in [0.29, 0.717) is 22.2 Å². The maximum atomic E-state index is 8.46. The molecular weight excluding hydrogens is 354 g/mol. The molecule has 130 valence electrons. The Morgan fingerprint density at radius 2 is 1.85 bits per heavy atom. The number of hydrazine groups is 1. The van der Waals surface area contributed by atoms with Gasteiger partial charge in [-0.2, -0.15) is 15.0 Å². The number of halogens is 1. The van der Waals surface area contributed by atoms with Gasteiger partial charge in [0.1, 0.15) is 0 Å². The number of rotatable bonds is 4. The summed E-state index contributed by atoms with van der Waals surface area (Å²) in [5.41, 5.74) is 17.0. The average molecular weight is 368 g/mol. The first-order valence-corrected chi connectivity index (χ1v) is 7.84. The van der Waals surface area contributed by atoms with Crippen LogP contribution >= 0.6 is 11.6 Å². The van der Waals surface area contributed by atoms with Crippen LogP contribution in [0.2, 0.25) is 5.02 Å². The molecule has 1 heterocycles. The van der Waals surface area contributed by atoms with Crippen LogP contribution in [0, 0.1) is 6.92 Å². The smallest absolute Gasteiger partial charge is 0.250 e. The van der Waals surface area contributed by atoms with Gasteiger partial charge in [0.05, 0.1) is 5.69 Å². The summed E-state index contributed by atoms with van der Waals surface area (Å²) in [5, 5.41) is 5.34. The predicted molar refractivity (Wildman–Crippen MR) is 101 cm³/mol. The molecule has 9 nitrogen and oxygen atoms in total. The molecule has 2 aromatic carbocycles. The third-order valence-electron chi connectivity index (χ3n) is 3.58. The Morgan fingerprint density at radius 3 is 2.54 bits per heavy atom. The molecule has 3 aromatic rings. The fraction of sp³-hybridized carbons (Fsp3) is 0.0625. The molecule has 0 aliphatic heterocycles. The molecule has 4 N–H and O–H groups in total. The van der Waals surface area contributed by atoms with E-state index in [2.05, 4.69) is 25.0 Å². The minimum absolute atomic E-state index is 0.0329. The fourth-order valence-corrected chi connectivity index (χ4v) is 2.46. The van der Waals surface area contributed by atoms with E-state index in [0.717, 1.165) is 11.1 Å². The summed E-state index contributed by atoms with van der Waals surface area (Å²) >= 11 is 6.07. The quantitative estimate of drug-likeness (QED) is 0.234. The SMILES string of the molecule is Cc1ccc(Cl)cc1-c1nc(N)nc(N(N)c2ccc(N=[N+]=[N-])cc2)n1. The third kappa shape index (κ3) is 3.65. The van der Waals surface area contributed by atoms with Crippen LogP contribution in [-0.4, -0.2) is 15.0 Å². The van der Waals surface area contributed by atoms with Crippen molar-refractivity contribution in [1.29, 1.82) is 0 Å². The van der Waals surface area contributed by atoms with Crippen molar-refractivity contribution in [2.75, 3.05) is 10.7 Å². The fourth-order valence-electron chi connectivity index (χ4n) is 2.29. The minimum atomic E-state index is 0.0329. The molecule has 0 amide bonds. The molecule has 0 fully saturated rings. The number of hydrogen-bond donors (Lipinski definition) is 2. The van der Waals surface area contributed by atoms with Gasteiger partial charge in [0.2, 0.25) is 11.9 Å². The lowest BCUT2D eigenvalue weighted by molar-refractivity contribution is 0.954. The van der Waals surface area contributed by atoms with Crippen LogP contribution in [0.25, 0.3) is 21.8 Å². The molecule has 10 heteroatoms. The maximum Gasteiger partial charge on any atom is 0.250 e. The lowest BCUT2D eigenvalue weighted by Gasteiger charge is -2.17. The highest BCUT2D eigenvalue weighted by atomic mass is 35.5. The molecule has 0 aliphatic carbocycles. The second-order valence-electron chi connectivity index (χ2n) is 5.35. The Morgan fingerprint density at radius 1 is 1.12 bits per heavy atom. The van der Waals surface area contributed by atoms with E-state index in [1.807, 2.05) is 13.0 Å². The highest BCUT2D eigenvalue weighted by Gasteiger charge is 2.14. The first-order valence-electron chi connectivity index (χ1n) is 7.46. The summed E-state index contributed by atoms with van der Waals surface area (Å²) in [6, 6.07) is 12.0. The molecule has 0 radical (unpaired) electrons. The topological polar surface area (TPSA) is 143 Å². The van der Waals surface area contributed by atoms with E-state index in [1.165, 1.54) is 5.01 Å². The number of azide groups is 1. The second-order valence-corrected chi connectivity index (χ2v) is 5.79. The first-order chi connectivity index (χ1) is 12.5. The summed E-state index contributed by atoms with van der Waals surface area (Å²) < 4.78 is 0. The van der Waals surface area contributed by atoms with E-state index < -0.39 is 0 Å². The van der Waals surface area contributed by atoms with Crippen molar-refractivity contribution in [1.82, 2.24) is 15.0 Å². The zero-order valence-electron chi connectivity index (χ0n) is 13.7. The average Bonchev–Trinajstić information content (AvgIpc) is 2.63. The van der Waals surface area contributed by atoms with Gasteiger partial charge < -0.3 is 5.73 Å². The van der Waals surface area contributed by atoms with E-state index in [1.54, 1.807) is 36.4 Å². The van der Waals surface area contributed by atoms with Crippen molar-refractivity contribution in [3.8, 4) is 11.4 Å². The molecule has 1 aromatic heterocycles. The van der Waals surface area contributed by atoms with Crippen LogP contribution in [0.4, 0.5) is 23.3 Å². The zero-order chi connectivity index (χ0) is 18.7.